The second-order valence-corrected chi connectivity index (χ2v) is 44.0. The molecule has 0 fully saturated rings. The van der Waals surface area contributed by atoms with Crippen LogP contribution in [-0.4, -0.2) is 76.7 Å². The summed E-state index contributed by atoms with van der Waals surface area (Å²) in [6.45, 7) is 13.3. The van der Waals surface area contributed by atoms with Crippen molar-refractivity contribution in [3.8, 4) is 157 Å². The van der Waals surface area contributed by atoms with Gasteiger partial charge in [-0.2, -0.15) is 0 Å². The van der Waals surface area contributed by atoms with Gasteiger partial charge < -0.3 is 30.6 Å². The number of fused-ring (bicyclic) bond motifs is 6. The van der Waals surface area contributed by atoms with E-state index in [1.54, 1.807) is 46.9 Å². The zero-order valence-electron chi connectivity index (χ0n) is 67.1. The second kappa shape index (κ2) is 33.0. The highest BCUT2D eigenvalue weighted by Crippen LogP contribution is 2.49. The number of rotatable bonds is 13. The summed E-state index contributed by atoms with van der Waals surface area (Å²) < 4.78 is 1.72. The fourth-order valence-corrected chi connectivity index (χ4v) is 22.7. The van der Waals surface area contributed by atoms with Gasteiger partial charge in [-0.3, -0.25) is 0 Å². The first kappa shape index (κ1) is 79.8. The van der Waals surface area contributed by atoms with Crippen molar-refractivity contribution >= 4 is 125 Å². The molecule has 0 saturated carbocycles. The van der Waals surface area contributed by atoms with Crippen molar-refractivity contribution in [1.29, 1.82) is 0 Å². The molecule has 594 valence electrons. The number of benzene rings is 10. The zero-order valence-corrected chi connectivity index (χ0v) is 73.9. The maximum atomic E-state index is 11.9. The molecule has 0 spiro atoms. The normalized spacial score (nSPS) is 13.1. The van der Waals surface area contributed by atoms with Crippen LogP contribution >= 0.6 is 54.5 Å². The molecule has 0 saturated heterocycles. The Balaban J connectivity index is 0.000000130. The molecule has 2 aliphatic heterocycles. The number of pyridine rings is 6. The summed E-state index contributed by atoms with van der Waals surface area (Å²) in [4.78, 5) is 32.0. The van der Waals surface area contributed by atoms with Crippen LogP contribution in [-0.2, 0) is 0 Å². The van der Waals surface area contributed by atoms with Gasteiger partial charge in [0.1, 0.15) is 50.6 Å². The summed E-state index contributed by atoms with van der Waals surface area (Å²) in [6, 6.07) is 90.8. The number of phenolic OH excluding ortho intramolecular Hbond substituents is 6. The van der Waals surface area contributed by atoms with E-state index in [4.69, 9.17) is 29.9 Å². The molecule has 0 amide bonds. The minimum Gasteiger partial charge on any atom is -0.507 e. The molecule has 0 bridgehead atoms. The highest BCUT2D eigenvalue weighted by Gasteiger charge is 2.33. The number of hydrogen-bond acceptors (Lipinski definition) is 14. The molecule has 10 aromatic carbocycles. The smallest absolute Gasteiger partial charge is 0.133 e. The van der Waals surface area contributed by atoms with Crippen LogP contribution in [0.3, 0.4) is 0 Å². The number of aromatic nitrogens is 6. The van der Waals surface area contributed by atoms with E-state index in [1.807, 2.05) is 243 Å². The zero-order chi connectivity index (χ0) is 84.2. The molecular formula is C104H78Br2N6O6S2Si2. The lowest BCUT2D eigenvalue weighted by molar-refractivity contribution is 0.475. The first-order valence-corrected chi connectivity index (χ1v) is 49.3. The largest absolute Gasteiger partial charge is 0.507 e. The van der Waals surface area contributed by atoms with Crippen molar-refractivity contribution in [2.75, 3.05) is 0 Å². The van der Waals surface area contributed by atoms with Crippen LogP contribution in [0.2, 0.25) is 26.2 Å². The Kier molecular flexibility index (Phi) is 21.6. The number of allylic oxidation sites excluding steroid dienone is 4. The summed E-state index contributed by atoms with van der Waals surface area (Å²) in [7, 11) is -3.76. The lowest BCUT2D eigenvalue weighted by Gasteiger charge is -2.22. The SMILES string of the molecule is C[Si]1(C)C=CC=C1c1cc(-c2ccccc2)cc(-c2cccc(-c3cccc(-c4cc(-c5ccccc5)cc(C5=CC=C[Si]5(C)C)c4O)n3)n2)c1O.Cc1cc(-c2ccc3ccc4ccc(-c5cc(C)cc(-c6cccs6)c5O)nc4c3n2)c(O)c(-c2cccs2)c1.Oc1ccc(Br)cc1-c1ccc2ccc3ccc(-c4cc(Br)ccc4O)nc3c2n1. The van der Waals surface area contributed by atoms with Gasteiger partial charge in [0.2, 0.25) is 0 Å². The van der Waals surface area contributed by atoms with Gasteiger partial charge in [0.15, 0.2) is 0 Å². The third kappa shape index (κ3) is 15.8. The van der Waals surface area contributed by atoms with Gasteiger partial charge in [0.25, 0.3) is 0 Å². The van der Waals surface area contributed by atoms with E-state index in [1.165, 1.54) is 10.4 Å². The molecule has 0 atom stereocenters. The maximum absolute atomic E-state index is 11.9. The van der Waals surface area contributed by atoms with Crippen LogP contribution in [0.15, 0.2) is 334 Å². The molecule has 2 aliphatic rings. The molecule has 20 rings (SSSR count). The molecule has 10 heterocycles. The molecule has 18 heteroatoms. The molecule has 0 unspecified atom stereocenters. The first-order chi connectivity index (χ1) is 59.0. The van der Waals surface area contributed by atoms with E-state index >= 15 is 0 Å². The number of nitrogens with zero attached hydrogens (tertiary/aromatic N) is 6. The van der Waals surface area contributed by atoms with Crippen LogP contribution in [0.25, 0.3) is 176 Å². The minimum atomic E-state index is -1.88. The highest BCUT2D eigenvalue weighted by atomic mass is 79.9. The van der Waals surface area contributed by atoms with Crippen molar-refractivity contribution in [3.05, 3.63) is 357 Å². The third-order valence-corrected chi connectivity index (χ3v) is 30.9. The predicted molar refractivity (Wildman–Crippen MR) is 516 cm³/mol. The fraction of sp³-hybridized carbons (Fsp3) is 0.0577. The first-order valence-electron chi connectivity index (χ1n) is 39.8. The number of aromatic hydroxyl groups is 6. The third-order valence-electron chi connectivity index (χ3n) is 22.4. The average molecular weight is 1790 g/mol. The van der Waals surface area contributed by atoms with Crippen LogP contribution < -0.4 is 0 Å². The second-order valence-electron chi connectivity index (χ2n) is 31.6. The van der Waals surface area contributed by atoms with Gasteiger partial charge in [0, 0.05) is 95.9 Å². The monoisotopic (exact) mass is 1780 g/mol. The van der Waals surface area contributed by atoms with Crippen LogP contribution in [0.5, 0.6) is 34.5 Å². The Bertz CT molecular complexity index is 6910. The average Bonchev–Trinajstić information content (AvgIpc) is 0.900. The number of phenols is 6. The highest BCUT2D eigenvalue weighted by molar-refractivity contribution is 9.10. The van der Waals surface area contributed by atoms with E-state index in [0.717, 1.165) is 118 Å². The van der Waals surface area contributed by atoms with E-state index in [-0.39, 0.29) is 34.5 Å². The number of hydrogen-bond donors (Lipinski definition) is 6. The lowest BCUT2D eigenvalue weighted by Crippen LogP contribution is -2.23. The van der Waals surface area contributed by atoms with Crippen LogP contribution in [0.4, 0.5) is 0 Å². The quantitative estimate of drug-likeness (QED) is 0.0472. The van der Waals surface area contributed by atoms with Gasteiger partial charge in [-0.1, -0.05) is 227 Å². The Morgan fingerprint density at radius 3 is 0.926 bits per heavy atom. The number of aryl methyl sites for hydroxylation is 2. The lowest BCUT2D eigenvalue weighted by atomic mass is 9.96. The van der Waals surface area contributed by atoms with E-state index in [0.29, 0.717) is 78.9 Å². The van der Waals surface area contributed by atoms with E-state index in [2.05, 4.69) is 130 Å². The van der Waals surface area contributed by atoms with Gasteiger partial charge in [-0.05, 0) is 214 Å². The predicted octanol–water partition coefficient (Wildman–Crippen LogP) is 28.4. The Hall–Kier alpha value is -13.3. The Morgan fingerprint density at radius 1 is 0.270 bits per heavy atom. The molecule has 0 aliphatic carbocycles. The van der Waals surface area contributed by atoms with Gasteiger partial charge in [0.05, 0.1) is 67.6 Å². The number of halogens is 2. The van der Waals surface area contributed by atoms with E-state index < -0.39 is 16.1 Å². The summed E-state index contributed by atoms with van der Waals surface area (Å²) in [5.41, 5.74) is 26.6. The standard InChI is InChI=1S/C46H40N2O2Si2.C34H24N2O2S2.C24H14Br2N2O2/c1-51(2)25-13-23-43(51)37-29-33(31-15-7-5-8-16-31)27-35(45(37)49)39-19-11-21-41(47-39)42-22-12-20-40(48-42)36-28-34(32-17-9-6-10-18-32)30-38(46(36)50)44-24-14-26-52(44,3)4;1-19-15-23(33(37)25(17-19)29-5-3-13-39-29)27-11-9-21-7-8-22-10-12-28(36-32(22)31(21)35-27)24-16-20(2)18-26(34(24)38)30-6-4-14-40-30;25-15-5-9-21(29)17(11-15)19-7-3-13-1-2-14-4-8-20(28-24(14)23(13)27-19)18-12-16(26)6-10-22(18)30/h5-30,49-50H,1-4H3;3-18,37-38H,1-2H3;1-12,29-30H. The molecular weight excluding hydrogens is 1710 g/mol. The molecule has 8 aromatic heterocycles. The summed E-state index contributed by atoms with van der Waals surface area (Å²) >= 11 is 10.1. The molecule has 12 nitrogen and oxygen atoms in total. The van der Waals surface area contributed by atoms with Gasteiger partial charge in [-0.15, -0.1) is 22.7 Å². The van der Waals surface area contributed by atoms with Gasteiger partial charge in [-0.25, -0.2) is 29.9 Å². The Morgan fingerprint density at radius 2 is 0.582 bits per heavy atom. The summed E-state index contributed by atoms with van der Waals surface area (Å²) in [6.07, 6.45) is 8.54. The fourth-order valence-electron chi connectivity index (χ4n) is 16.1. The van der Waals surface area contributed by atoms with Crippen LogP contribution in [0, 0.1) is 13.8 Å². The van der Waals surface area contributed by atoms with Crippen molar-refractivity contribution in [2.45, 2.75) is 40.0 Å². The Labute approximate surface area is 732 Å². The van der Waals surface area contributed by atoms with Crippen molar-refractivity contribution in [1.82, 2.24) is 29.9 Å². The maximum Gasteiger partial charge on any atom is 0.133 e. The van der Waals surface area contributed by atoms with Crippen molar-refractivity contribution < 1.29 is 30.6 Å². The van der Waals surface area contributed by atoms with E-state index in [9.17, 15) is 30.6 Å². The molecule has 6 N–H and O–H groups in total. The minimum absolute atomic E-state index is 0.165. The van der Waals surface area contributed by atoms with Gasteiger partial charge >= 0.3 is 0 Å². The molecule has 122 heavy (non-hydrogen) atoms. The van der Waals surface area contributed by atoms with Crippen LogP contribution in [0.1, 0.15) is 22.3 Å². The summed E-state index contributed by atoms with van der Waals surface area (Å²) in [5.74, 6) is 1.24. The number of thiophene rings is 2. The van der Waals surface area contributed by atoms with Crippen molar-refractivity contribution in [3.63, 3.8) is 0 Å². The summed E-state index contributed by atoms with van der Waals surface area (Å²) in [5, 5.41) is 77.3. The molecule has 0 radical (unpaired) electrons. The van der Waals surface area contributed by atoms with Crippen molar-refractivity contribution in [2.24, 2.45) is 0 Å². The topological polar surface area (TPSA) is 199 Å². The molecule has 18 aromatic rings.